The van der Waals surface area contributed by atoms with Gasteiger partial charge in [-0.3, -0.25) is 0 Å². The zero-order valence-corrected chi connectivity index (χ0v) is 12.2. The Hall–Kier alpha value is -0.860. The molecule has 1 aliphatic carbocycles. The van der Waals surface area contributed by atoms with Crippen molar-refractivity contribution in [2.45, 2.75) is 45.8 Å². The van der Waals surface area contributed by atoms with Crippen LogP contribution in [0.2, 0.25) is 0 Å². The molecule has 0 heterocycles. The lowest BCUT2D eigenvalue weighted by Crippen LogP contribution is -2.33. The fourth-order valence-electron chi connectivity index (χ4n) is 2.84. The summed E-state index contributed by atoms with van der Waals surface area (Å²) in [5.41, 5.74) is 5.48. The second-order valence-electron chi connectivity index (χ2n) is 5.60. The molecule has 0 spiro atoms. The van der Waals surface area contributed by atoms with Crippen molar-refractivity contribution in [3.05, 3.63) is 34.4 Å². The molecule has 0 saturated heterocycles. The average molecular weight is 247 g/mol. The molecule has 1 fully saturated rings. The Morgan fingerprint density at radius 1 is 1.11 bits per heavy atom. The van der Waals surface area contributed by atoms with Crippen molar-refractivity contribution in [3.63, 3.8) is 0 Å². The van der Waals surface area contributed by atoms with Crippen molar-refractivity contribution >= 4 is 0 Å². The van der Waals surface area contributed by atoms with Crippen LogP contribution in [0.15, 0.2) is 12.1 Å². The van der Waals surface area contributed by atoms with Gasteiger partial charge < -0.3 is 10.1 Å². The molecule has 1 aromatic rings. The molecule has 1 N–H and O–H groups in total. The first-order chi connectivity index (χ1) is 8.58. The molecule has 1 aliphatic rings. The summed E-state index contributed by atoms with van der Waals surface area (Å²) in [4.78, 5) is 0. The molecular weight excluding hydrogens is 222 g/mol. The quantitative estimate of drug-likeness (QED) is 0.862. The van der Waals surface area contributed by atoms with Crippen molar-refractivity contribution in [1.82, 2.24) is 5.32 Å². The monoisotopic (exact) mass is 247 g/mol. The summed E-state index contributed by atoms with van der Waals surface area (Å²) in [6.07, 6.45) is 2.91. The van der Waals surface area contributed by atoms with E-state index in [9.17, 15) is 0 Å². The second-order valence-corrected chi connectivity index (χ2v) is 5.60. The van der Waals surface area contributed by atoms with Crippen LogP contribution in [0, 0.1) is 26.7 Å². The Labute approximate surface area is 111 Å². The lowest BCUT2D eigenvalue weighted by atomic mass is 9.91. The lowest BCUT2D eigenvalue weighted by Gasteiger charge is -2.28. The molecule has 1 aromatic carbocycles. The highest BCUT2D eigenvalue weighted by molar-refractivity contribution is 5.39. The average Bonchev–Trinajstić information content (AvgIpc) is 3.15. The highest BCUT2D eigenvalue weighted by Crippen LogP contribution is 2.40. The Balaban J connectivity index is 2.34. The molecule has 2 heteroatoms. The molecule has 2 rings (SSSR count). The summed E-state index contributed by atoms with van der Waals surface area (Å²) in [5, 5.41) is 3.45. The summed E-state index contributed by atoms with van der Waals surface area (Å²) < 4.78 is 5.74. The van der Waals surface area contributed by atoms with Gasteiger partial charge in [-0.25, -0.2) is 0 Å². The van der Waals surface area contributed by atoms with E-state index in [1.807, 2.05) is 14.2 Å². The maximum atomic E-state index is 5.74. The third-order valence-electron chi connectivity index (χ3n) is 4.22. The van der Waals surface area contributed by atoms with Gasteiger partial charge in [0.15, 0.2) is 0 Å². The maximum absolute atomic E-state index is 5.74. The first kappa shape index (κ1) is 13.6. The van der Waals surface area contributed by atoms with Crippen molar-refractivity contribution in [1.29, 1.82) is 0 Å². The van der Waals surface area contributed by atoms with E-state index in [-0.39, 0.29) is 0 Å². The molecule has 0 aromatic heterocycles. The van der Waals surface area contributed by atoms with Gasteiger partial charge in [0.25, 0.3) is 0 Å². The smallest absolute Gasteiger partial charge is 0.0794 e. The Bertz CT molecular complexity index is 423. The predicted molar refractivity (Wildman–Crippen MR) is 76.0 cm³/mol. The van der Waals surface area contributed by atoms with E-state index in [0.29, 0.717) is 12.1 Å². The molecular formula is C16H25NO. The Morgan fingerprint density at radius 2 is 1.72 bits per heavy atom. The molecule has 0 amide bonds. The van der Waals surface area contributed by atoms with Crippen LogP contribution in [0.5, 0.6) is 0 Å². The van der Waals surface area contributed by atoms with Gasteiger partial charge in [-0.2, -0.15) is 0 Å². The van der Waals surface area contributed by atoms with Crippen molar-refractivity contribution in [2.24, 2.45) is 5.92 Å². The number of rotatable bonds is 5. The summed E-state index contributed by atoms with van der Waals surface area (Å²) in [5.74, 6) is 0.730. The number of hydrogen-bond acceptors (Lipinski definition) is 2. The fraction of sp³-hybridized carbons (Fsp3) is 0.625. The molecule has 0 bridgehead atoms. The van der Waals surface area contributed by atoms with Crippen LogP contribution in [0.3, 0.4) is 0 Å². The van der Waals surface area contributed by atoms with Gasteiger partial charge in [-0.15, -0.1) is 0 Å². The number of ether oxygens (including phenoxy) is 1. The van der Waals surface area contributed by atoms with Gasteiger partial charge in [0, 0.05) is 7.11 Å². The first-order valence-corrected chi connectivity index (χ1v) is 6.86. The minimum absolute atomic E-state index is 0.302. The molecule has 18 heavy (non-hydrogen) atoms. The van der Waals surface area contributed by atoms with Gasteiger partial charge in [0.2, 0.25) is 0 Å². The highest BCUT2D eigenvalue weighted by atomic mass is 16.5. The number of aryl methyl sites for hydroxylation is 3. The van der Waals surface area contributed by atoms with E-state index < -0.39 is 0 Å². The van der Waals surface area contributed by atoms with E-state index in [2.05, 4.69) is 38.2 Å². The normalized spacial score (nSPS) is 18.7. The van der Waals surface area contributed by atoms with Crippen LogP contribution in [-0.4, -0.2) is 20.3 Å². The molecule has 100 valence electrons. The highest BCUT2D eigenvalue weighted by Gasteiger charge is 2.37. The van der Waals surface area contributed by atoms with Crippen LogP contribution in [0.4, 0.5) is 0 Å². The third-order valence-corrected chi connectivity index (χ3v) is 4.22. The summed E-state index contributed by atoms with van der Waals surface area (Å²) in [7, 11) is 3.87. The van der Waals surface area contributed by atoms with Crippen LogP contribution in [0.1, 0.15) is 41.1 Å². The molecule has 2 atom stereocenters. The number of likely N-dealkylation sites (N-methyl/N-ethyl adjacent to an activating group) is 1. The minimum atomic E-state index is 0.302. The van der Waals surface area contributed by atoms with Crippen molar-refractivity contribution in [2.75, 3.05) is 14.2 Å². The van der Waals surface area contributed by atoms with Gasteiger partial charge in [-0.05, 0) is 68.8 Å². The zero-order valence-electron chi connectivity index (χ0n) is 12.2. The van der Waals surface area contributed by atoms with E-state index in [1.165, 1.54) is 35.1 Å². The molecule has 0 radical (unpaired) electrons. The van der Waals surface area contributed by atoms with Gasteiger partial charge in [0.05, 0.1) is 12.1 Å². The van der Waals surface area contributed by atoms with E-state index in [4.69, 9.17) is 4.74 Å². The van der Waals surface area contributed by atoms with Crippen molar-refractivity contribution in [3.8, 4) is 0 Å². The number of benzene rings is 1. The van der Waals surface area contributed by atoms with E-state index in [1.54, 1.807) is 0 Å². The Kier molecular flexibility index (Phi) is 4.08. The number of hydrogen-bond donors (Lipinski definition) is 1. The lowest BCUT2D eigenvalue weighted by molar-refractivity contribution is 0.0528. The number of methoxy groups -OCH3 is 1. The second kappa shape index (κ2) is 5.41. The SMILES string of the molecule is CNC(c1cc(C)c(C)cc1C)C(OC)C1CC1. The fourth-order valence-corrected chi connectivity index (χ4v) is 2.84. The van der Waals surface area contributed by atoms with Crippen LogP contribution >= 0.6 is 0 Å². The standard InChI is InChI=1S/C16H25NO/c1-10-8-12(3)14(9-11(10)2)15(17-4)16(18-5)13-6-7-13/h8-9,13,15-17H,6-7H2,1-5H3. The van der Waals surface area contributed by atoms with Gasteiger partial charge >= 0.3 is 0 Å². The van der Waals surface area contributed by atoms with Crippen LogP contribution in [0.25, 0.3) is 0 Å². The summed E-state index contributed by atoms with van der Waals surface area (Å²) >= 11 is 0. The third kappa shape index (κ3) is 2.60. The predicted octanol–water partition coefficient (Wildman–Crippen LogP) is 3.30. The number of nitrogens with one attached hydrogen (secondary N) is 1. The van der Waals surface area contributed by atoms with Crippen LogP contribution in [-0.2, 0) is 4.74 Å². The summed E-state index contributed by atoms with van der Waals surface area (Å²) in [6, 6.07) is 4.91. The first-order valence-electron chi connectivity index (χ1n) is 6.86. The Morgan fingerprint density at radius 3 is 2.22 bits per heavy atom. The zero-order chi connectivity index (χ0) is 13.3. The molecule has 1 saturated carbocycles. The molecule has 2 nitrogen and oxygen atoms in total. The van der Waals surface area contributed by atoms with E-state index >= 15 is 0 Å². The van der Waals surface area contributed by atoms with Crippen molar-refractivity contribution < 1.29 is 4.74 Å². The van der Waals surface area contributed by atoms with Gasteiger partial charge in [-0.1, -0.05) is 12.1 Å². The largest absolute Gasteiger partial charge is 0.379 e. The maximum Gasteiger partial charge on any atom is 0.0794 e. The van der Waals surface area contributed by atoms with Gasteiger partial charge in [0.1, 0.15) is 0 Å². The van der Waals surface area contributed by atoms with Crippen LogP contribution < -0.4 is 5.32 Å². The van der Waals surface area contributed by atoms with E-state index in [0.717, 1.165) is 5.92 Å². The summed E-state index contributed by atoms with van der Waals surface area (Å²) in [6.45, 7) is 6.56. The minimum Gasteiger partial charge on any atom is -0.379 e. The topological polar surface area (TPSA) is 21.3 Å². The molecule has 2 unspecified atom stereocenters. The molecule has 0 aliphatic heterocycles.